The fourth-order valence-corrected chi connectivity index (χ4v) is 8.33. The molecular weight excluding hydrogens is 458 g/mol. The second-order valence-corrected chi connectivity index (χ2v) is 11.9. The van der Waals surface area contributed by atoms with E-state index in [4.69, 9.17) is 10.00 Å². The lowest BCUT2D eigenvalue weighted by atomic mass is 9.46. The van der Waals surface area contributed by atoms with Crippen molar-refractivity contribution >= 4 is 0 Å². The van der Waals surface area contributed by atoms with Gasteiger partial charge in [0, 0.05) is 12.0 Å². The van der Waals surface area contributed by atoms with Crippen molar-refractivity contribution in [2.75, 3.05) is 13.2 Å². The molecule has 0 spiro atoms. The summed E-state index contributed by atoms with van der Waals surface area (Å²) in [6.07, 6.45) is 11.9. The first-order valence-electron chi connectivity index (χ1n) is 13.9. The smallest absolute Gasteiger partial charge is 0.0991 e. The third-order valence-corrected chi connectivity index (χ3v) is 10.3. The predicted octanol–water partition coefficient (Wildman–Crippen LogP) is 6.36. The minimum Gasteiger partial charge on any atom is -0.501 e. The van der Waals surface area contributed by atoms with E-state index in [0.29, 0.717) is 48.0 Å². The molecule has 7 atom stereocenters. The standard InChI is InChI=1S/C33H37NO3/c1-32-19-29(25-9-7-24(8-10-25)23-5-3-22(20-34)4-6-23)31-27-14-18-37-21-26(27)11-12-28(31)30(32)13-16-33(32,36)15-2-17-35/h3-10,13,16,21,27-31,35-36H,2,11-12,14-15,17-19H2,1H3/t27?,28?,29-,30?,31?,32+,33+/m1/s1. The zero-order valence-electron chi connectivity index (χ0n) is 21.6. The topological polar surface area (TPSA) is 73.5 Å². The molecule has 0 bridgehead atoms. The van der Waals surface area contributed by atoms with Crippen LogP contribution in [0.5, 0.6) is 0 Å². The Morgan fingerprint density at radius 1 is 1.03 bits per heavy atom. The molecule has 2 saturated carbocycles. The monoisotopic (exact) mass is 495 g/mol. The lowest BCUT2D eigenvalue weighted by Crippen LogP contribution is -2.55. The molecule has 1 aliphatic heterocycles. The van der Waals surface area contributed by atoms with Crippen molar-refractivity contribution in [1.82, 2.24) is 0 Å². The normalized spacial score (nSPS) is 35.9. The van der Waals surface area contributed by atoms with E-state index in [1.54, 1.807) is 0 Å². The molecule has 0 radical (unpaired) electrons. The molecule has 1 heterocycles. The Morgan fingerprint density at radius 3 is 2.46 bits per heavy atom. The molecular formula is C33H37NO3. The average Bonchev–Trinajstić information content (AvgIpc) is 3.21. The summed E-state index contributed by atoms with van der Waals surface area (Å²) in [7, 11) is 0. The van der Waals surface area contributed by atoms with Crippen LogP contribution in [0.1, 0.15) is 62.5 Å². The summed E-state index contributed by atoms with van der Waals surface area (Å²) >= 11 is 0. The summed E-state index contributed by atoms with van der Waals surface area (Å²) in [6.45, 7) is 3.21. The molecule has 2 aromatic carbocycles. The number of aliphatic hydroxyl groups excluding tert-OH is 1. The molecule has 4 nitrogen and oxygen atoms in total. The number of rotatable bonds is 5. The first-order chi connectivity index (χ1) is 18.0. The van der Waals surface area contributed by atoms with Crippen molar-refractivity contribution in [1.29, 1.82) is 5.26 Å². The third-order valence-electron chi connectivity index (χ3n) is 10.3. The van der Waals surface area contributed by atoms with E-state index in [1.165, 1.54) is 11.1 Å². The highest BCUT2D eigenvalue weighted by Crippen LogP contribution is 2.66. The second-order valence-electron chi connectivity index (χ2n) is 11.9. The van der Waals surface area contributed by atoms with Crippen LogP contribution in [-0.2, 0) is 4.74 Å². The molecule has 3 aliphatic carbocycles. The van der Waals surface area contributed by atoms with Crippen LogP contribution in [0.2, 0.25) is 0 Å². The quantitative estimate of drug-likeness (QED) is 0.474. The molecule has 2 fully saturated rings. The van der Waals surface area contributed by atoms with E-state index in [2.05, 4.69) is 49.4 Å². The lowest BCUT2D eigenvalue weighted by molar-refractivity contribution is -0.118. The minimum absolute atomic E-state index is 0.111. The summed E-state index contributed by atoms with van der Waals surface area (Å²) < 4.78 is 5.76. The van der Waals surface area contributed by atoms with E-state index in [-0.39, 0.29) is 12.0 Å². The Morgan fingerprint density at radius 2 is 1.76 bits per heavy atom. The first kappa shape index (κ1) is 24.5. The van der Waals surface area contributed by atoms with Crippen LogP contribution in [0.3, 0.4) is 0 Å². The first-order valence-corrected chi connectivity index (χ1v) is 13.9. The molecule has 192 valence electrons. The molecule has 6 rings (SSSR count). The maximum Gasteiger partial charge on any atom is 0.0991 e. The van der Waals surface area contributed by atoms with Crippen LogP contribution in [-0.4, -0.2) is 29.0 Å². The number of nitriles is 1. The van der Waals surface area contributed by atoms with Gasteiger partial charge in [-0.1, -0.05) is 55.5 Å². The van der Waals surface area contributed by atoms with Gasteiger partial charge < -0.3 is 14.9 Å². The maximum absolute atomic E-state index is 11.9. The van der Waals surface area contributed by atoms with Crippen molar-refractivity contribution in [2.24, 2.45) is 29.1 Å². The van der Waals surface area contributed by atoms with Gasteiger partial charge in [-0.2, -0.15) is 5.26 Å². The zero-order valence-corrected chi connectivity index (χ0v) is 21.6. The van der Waals surface area contributed by atoms with Gasteiger partial charge in [-0.05, 0) is 103 Å². The summed E-state index contributed by atoms with van der Waals surface area (Å²) in [5, 5.41) is 30.6. The maximum atomic E-state index is 11.9. The number of aliphatic hydroxyl groups is 2. The molecule has 4 heteroatoms. The molecule has 37 heavy (non-hydrogen) atoms. The summed E-state index contributed by atoms with van der Waals surface area (Å²) in [6, 6.07) is 19.0. The highest BCUT2D eigenvalue weighted by Gasteiger charge is 2.62. The summed E-state index contributed by atoms with van der Waals surface area (Å²) in [5.74, 6) is 2.32. The van der Waals surface area contributed by atoms with Gasteiger partial charge in [0.2, 0.25) is 0 Å². The molecule has 0 aromatic heterocycles. The van der Waals surface area contributed by atoms with Gasteiger partial charge in [0.25, 0.3) is 0 Å². The van der Waals surface area contributed by atoms with Gasteiger partial charge >= 0.3 is 0 Å². The van der Waals surface area contributed by atoms with E-state index >= 15 is 0 Å². The van der Waals surface area contributed by atoms with E-state index in [0.717, 1.165) is 43.4 Å². The van der Waals surface area contributed by atoms with Crippen LogP contribution in [0.25, 0.3) is 11.1 Å². The van der Waals surface area contributed by atoms with Crippen molar-refractivity contribution in [3.05, 3.63) is 83.6 Å². The molecule has 0 saturated heterocycles. The zero-order chi connectivity index (χ0) is 25.6. The Bertz CT molecular complexity index is 1240. The fourth-order valence-electron chi connectivity index (χ4n) is 8.33. The number of ether oxygens (including phenoxy) is 1. The van der Waals surface area contributed by atoms with E-state index in [1.807, 2.05) is 30.5 Å². The van der Waals surface area contributed by atoms with Gasteiger partial charge in [-0.15, -0.1) is 0 Å². The highest BCUT2D eigenvalue weighted by atomic mass is 16.5. The predicted molar refractivity (Wildman–Crippen MR) is 144 cm³/mol. The average molecular weight is 496 g/mol. The van der Waals surface area contributed by atoms with Crippen molar-refractivity contribution < 1.29 is 14.9 Å². The summed E-state index contributed by atoms with van der Waals surface area (Å²) in [5.41, 5.74) is 4.66. The number of hydrogen-bond donors (Lipinski definition) is 2. The summed E-state index contributed by atoms with van der Waals surface area (Å²) in [4.78, 5) is 0. The Kier molecular flexibility index (Phi) is 6.25. The van der Waals surface area contributed by atoms with Gasteiger partial charge in [0.15, 0.2) is 0 Å². The number of benzene rings is 2. The number of allylic oxidation sites excluding steroid dienone is 2. The van der Waals surface area contributed by atoms with Crippen molar-refractivity contribution in [2.45, 2.75) is 57.0 Å². The number of fused-ring (bicyclic) bond motifs is 5. The molecule has 4 unspecified atom stereocenters. The SMILES string of the molecule is C[C@]12C[C@H](c3ccc(-c4ccc(C#N)cc4)cc3)C3C4CCOC=C4CCC3C1C=C[C@@]2(O)CCCO. The van der Waals surface area contributed by atoms with Crippen LogP contribution in [0, 0.1) is 40.4 Å². The van der Waals surface area contributed by atoms with Crippen LogP contribution >= 0.6 is 0 Å². The van der Waals surface area contributed by atoms with Gasteiger partial charge in [0.1, 0.15) is 0 Å². The Balaban J connectivity index is 1.38. The third kappa shape index (κ3) is 3.95. The largest absolute Gasteiger partial charge is 0.501 e. The number of hydrogen-bond acceptors (Lipinski definition) is 4. The van der Waals surface area contributed by atoms with Crippen LogP contribution in [0.4, 0.5) is 0 Å². The van der Waals surface area contributed by atoms with E-state index in [9.17, 15) is 10.2 Å². The van der Waals surface area contributed by atoms with E-state index < -0.39 is 5.60 Å². The van der Waals surface area contributed by atoms with Crippen molar-refractivity contribution in [3.63, 3.8) is 0 Å². The van der Waals surface area contributed by atoms with Gasteiger partial charge in [-0.25, -0.2) is 0 Å². The highest BCUT2D eigenvalue weighted by molar-refractivity contribution is 5.64. The van der Waals surface area contributed by atoms with Crippen LogP contribution in [0.15, 0.2) is 72.5 Å². The molecule has 4 aliphatic rings. The fraction of sp³-hybridized carbons (Fsp3) is 0.485. The number of nitrogens with zero attached hydrogens (tertiary/aromatic N) is 1. The molecule has 0 amide bonds. The minimum atomic E-state index is -0.877. The Hall–Kier alpha value is -2.87. The second kappa shape index (κ2) is 9.46. The lowest BCUT2D eigenvalue weighted by Gasteiger charge is -2.59. The molecule has 2 aromatic rings. The van der Waals surface area contributed by atoms with Gasteiger partial charge in [0.05, 0.1) is 30.1 Å². The van der Waals surface area contributed by atoms with Crippen molar-refractivity contribution in [3.8, 4) is 17.2 Å². The molecule has 2 N–H and O–H groups in total. The Labute approximate surface area is 220 Å². The van der Waals surface area contributed by atoms with Crippen LogP contribution < -0.4 is 0 Å². The van der Waals surface area contributed by atoms with Gasteiger partial charge in [-0.3, -0.25) is 0 Å².